The van der Waals surface area contributed by atoms with Gasteiger partial charge in [-0.25, -0.2) is 4.98 Å². The summed E-state index contributed by atoms with van der Waals surface area (Å²) in [6, 6.07) is -0.0999. The van der Waals surface area contributed by atoms with Crippen LogP contribution in [0.4, 0.5) is 0 Å². The number of rotatable bonds is 6. The number of carbonyl (C=O) groups excluding carboxylic acids is 1. The summed E-state index contributed by atoms with van der Waals surface area (Å²) in [4.78, 5) is 15.9. The predicted molar refractivity (Wildman–Crippen MR) is 65.6 cm³/mol. The topological polar surface area (TPSA) is 81.2 Å². The van der Waals surface area contributed by atoms with Gasteiger partial charge in [-0.3, -0.25) is 4.79 Å². The van der Waals surface area contributed by atoms with Crippen LogP contribution in [0.5, 0.6) is 0 Å². The van der Waals surface area contributed by atoms with E-state index in [0.29, 0.717) is 11.6 Å². The SMILES string of the molecule is CCCC(C)NC(=O)c1coc(C(N)CC)n1. The van der Waals surface area contributed by atoms with E-state index in [4.69, 9.17) is 10.2 Å². The van der Waals surface area contributed by atoms with Crippen LogP contribution >= 0.6 is 0 Å². The van der Waals surface area contributed by atoms with Gasteiger partial charge in [-0.05, 0) is 19.8 Å². The summed E-state index contributed by atoms with van der Waals surface area (Å²) in [5.41, 5.74) is 6.07. The van der Waals surface area contributed by atoms with Gasteiger partial charge in [0.2, 0.25) is 5.89 Å². The summed E-state index contributed by atoms with van der Waals surface area (Å²) in [5, 5.41) is 2.87. The molecule has 0 aliphatic rings. The van der Waals surface area contributed by atoms with Crippen LogP contribution in [0.2, 0.25) is 0 Å². The summed E-state index contributed by atoms with van der Waals surface area (Å²) in [7, 11) is 0. The first-order valence-corrected chi connectivity index (χ1v) is 6.10. The number of oxazole rings is 1. The Morgan fingerprint density at radius 3 is 2.88 bits per heavy atom. The van der Waals surface area contributed by atoms with Crippen molar-refractivity contribution in [2.24, 2.45) is 5.73 Å². The molecule has 1 heterocycles. The van der Waals surface area contributed by atoms with E-state index in [0.717, 1.165) is 19.3 Å². The first kappa shape index (κ1) is 13.7. The smallest absolute Gasteiger partial charge is 0.273 e. The number of hydrogen-bond donors (Lipinski definition) is 2. The molecule has 96 valence electrons. The molecule has 3 N–H and O–H groups in total. The Kier molecular flexibility index (Phi) is 5.15. The number of nitrogens with zero attached hydrogens (tertiary/aromatic N) is 1. The van der Waals surface area contributed by atoms with Crippen LogP contribution < -0.4 is 11.1 Å². The maximum absolute atomic E-state index is 11.8. The molecule has 0 fully saturated rings. The Hall–Kier alpha value is -1.36. The molecule has 0 spiro atoms. The second-order valence-electron chi connectivity index (χ2n) is 4.25. The molecule has 0 saturated carbocycles. The van der Waals surface area contributed by atoms with Gasteiger partial charge in [0.05, 0.1) is 6.04 Å². The van der Waals surface area contributed by atoms with Crippen molar-refractivity contribution in [2.45, 2.75) is 52.1 Å². The first-order chi connectivity index (χ1) is 8.08. The van der Waals surface area contributed by atoms with Crippen molar-refractivity contribution in [2.75, 3.05) is 0 Å². The zero-order valence-corrected chi connectivity index (χ0v) is 10.7. The molecule has 1 rings (SSSR count). The van der Waals surface area contributed by atoms with Crippen molar-refractivity contribution in [1.82, 2.24) is 10.3 Å². The molecule has 0 bridgehead atoms. The minimum atomic E-state index is -0.246. The standard InChI is InChI=1S/C12H21N3O2/c1-4-6-8(3)14-11(16)10-7-17-12(15-10)9(13)5-2/h7-9H,4-6,13H2,1-3H3,(H,14,16). The van der Waals surface area contributed by atoms with Crippen molar-refractivity contribution >= 4 is 5.91 Å². The van der Waals surface area contributed by atoms with E-state index in [-0.39, 0.29) is 18.0 Å². The average molecular weight is 239 g/mol. The second kappa shape index (κ2) is 6.39. The van der Waals surface area contributed by atoms with E-state index in [1.54, 1.807) is 0 Å². The highest BCUT2D eigenvalue weighted by atomic mass is 16.3. The lowest BCUT2D eigenvalue weighted by molar-refractivity contribution is 0.0933. The molecule has 0 saturated heterocycles. The van der Waals surface area contributed by atoms with Gasteiger partial charge in [-0.1, -0.05) is 20.3 Å². The van der Waals surface area contributed by atoms with Crippen LogP contribution in [-0.4, -0.2) is 16.9 Å². The van der Waals surface area contributed by atoms with Crippen molar-refractivity contribution < 1.29 is 9.21 Å². The van der Waals surface area contributed by atoms with Crippen molar-refractivity contribution in [3.63, 3.8) is 0 Å². The fourth-order valence-corrected chi connectivity index (χ4v) is 1.54. The highest BCUT2D eigenvalue weighted by Crippen LogP contribution is 2.13. The zero-order valence-electron chi connectivity index (χ0n) is 10.7. The molecular formula is C12H21N3O2. The van der Waals surface area contributed by atoms with E-state index < -0.39 is 0 Å². The monoisotopic (exact) mass is 239 g/mol. The van der Waals surface area contributed by atoms with Crippen LogP contribution in [0.25, 0.3) is 0 Å². The molecule has 1 aromatic rings. The van der Waals surface area contributed by atoms with Crippen molar-refractivity contribution in [1.29, 1.82) is 0 Å². The third-order valence-electron chi connectivity index (χ3n) is 2.61. The summed E-state index contributed by atoms with van der Waals surface area (Å²) in [5.74, 6) is 0.213. The van der Waals surface area contributed by atoms with Crippen LogP contribution in [0.15, 0.2) is 10.7 Å². The molecule has 17 heavy (non-hydrogen) atoms. The lowest BCUT2D eigenvalue weighted by Gasteiger charge is -2.10. The van der Waals surface area contributed by atoms with Gasteiger partial charge in [-0.15, -0.1) is 0 Å². The molecule has 5 heteroatoms. The molecular weight excluding hydrogens is 218 g/mol. The summed E-state index contributed by atoms with van der Waals surface area (Å²) in [6.07, 6.45) is 4.07. The summed E-state index contributed by atoms with van der Waals surface area (Å²) in [6.45, 7) is 6.00. The van der Waals surface area contributed by atoms with Crippen LogP contribution in [0.1, 0.15) is 62.5 Å². The molecule has 2 unspecified atom stereocenters. The summed E-state index contributed by atoms with van der Waals surface area (Å²) >= 11 is 0. The Balaban J connectivity index is 2.60. The second-order valence-corrected chi connectivity index (χ2v) is 4.25. The van der Waals surface area contributed by atoms with E-state index in [9.17, 15) is 4.79 Å². The first-order valence-electron chi connectivity index (χ1n) is 6.10. The molecule has 0 aliphatic carbocycles. The third kappa shape index (κ3) is 3.85. The molecule has 2 atom stereocenters. The number of nitrogens with two attached hydrogens (primary N) is 1. The fraction of sp³-hybridized carbons (Fsp3) is 0.667. The predicted octanol–water partition coefficient (Wildman–Crippen LogP) is 2.00. The third-order valence-corrected chi connectivity index (χ3v) is 2.61. The normalized spacial score (nSPS) is 14.4. The van der Waals surface area contributed by atoms with Crippen molar-refractivity contribution in [3.05, 3.63) is 17.8 Å². The highest BCUT2D eigenvalue weighted by Gasteiger charge is 2.16. The Morgan fingerprint density at radius 2 is 2.29 bits per heavy atom. The Bertz CT molecular complexity index is 362. The van der Waals surface area contributed by atoms with Gasteiger partial charge < -0.3 is 15.5 Å². The minimum Gasteiger partial charge on any atom is -0.446 e. The van der Waals surface area contributed by atoms with E-state index >= 15 is 0 Å². The lowest BCUT2D eigenvalue weighted by atomic mass is 10.2. The number of hydrogen-bond acceptors (Lipinski definition) is 4. The summed E-state index contributed by atoms with van der Waals surface area (Å²) < 4.78 is 5.18. The molecule has 5 nitrogen and oxygen atoms in total. The zero-order chi connectivity index (χ0) is 12.8. The fourth-order valence-electron chi connectivity index (χ4n) is 1.54. The molecule has 1 aromatic heterocycles. The minimum absolute atomic E-state index is 0.146. The van der Waals surface area contributed by atoms with Crippen molar-refractivity contribution in [3.8, 4) is 0 Å². The molecule has 0 aliphatic heterocycles. The van der Waals surface area contributed by atoms with E-state index in [1.807, 2.05) is 13.8 Å². The van der Waals surface area contributed by atoms with E-state index in [2.05, 4.69) is 17.2 Å². The Labute approximate surface area is 102 Å². The largest absolute Gasteiger partial charge is 0.446 e. The molecule has 1 amide bonds. The number of carbonyl (C=O) groups is 1. The maximum Gasteiger partial charge on any atom is 0.273 e. The molecule has 0 aromatic carbocycles. The number of aromatic nitrogens is 1. The number of amides is 1. The van der Waals surface area contributed by atoms with Gasteiger partial charge in [0.15, 0.2) is 5.69 Å². The maximum atomic E-state index is 11.8. The lowest BCUT2D eigenvalue weighted by Crippen LogP contribution is -2.32. The molecule has 0 radical (unpaired) electrons. The van der Waals surface area contributed by atoms with Gasteiger partial charge in [0, 0.05) is 6.04 Å². The van der Waals surface area contributed by atoms with Crippen LogP contribution in [0.3, 0.4) is 0 Å². The van der Waals surface area contributed by atoms with Crippen LogP contribution in [-0.2, 0) is 0 Å². The quantitative estimate of drug-likeness (QED) is 0.795. The van der Waals surface area contributed by atoms with Gasteiger partial charge in [-0.2, -0.15) is 0 Å². The van der Waals surface area contributed by atoms with E-state index in [1.165, 1.54) is 6.26 Å². The van der Waals surface area contributed by atoms with Crippen LogP contribution in [0, 0.1) is 0 Å². The number of nitrogens with one attached hydrogen (secondary N) is 1. The Morgan fingerprint density at radius 1 is 1.59 bits per heavy atom. The van der Waals surface area contributed by atoms with Gasteiger partial charge in [0.1, 0.15) is 6.26 Å². The highest BCUT2D eigenvalue weighted by molar-refractivity contribution is 5.92. The van der Waals surface area contributed by atoms with Gasteiger partial charge >= 0.3 is 0 Å². The average Bonchev–Trinajstić information content (AvgIpc) is 2.77. The van der Waals surface area contributed by atoms with Gasteiger partial charge in [0.25, 0.3) is 5.91 Å².